The zero-order valence-corrected chi connectivity index (χ0v) is 11.4. The summed E-state index contributed by atoms with van der Waals surface area (Å²) < 4.78 is 1.08. The summed E-state index contributed by atoms with van der Waals surface area (Å²) in [5, 5.41) is 3.56. The minimum absolute atomic E-state index is 0.621. The van der Waals surface area contributed by atoms with Crippen molar-refractivity contribution in [2.24, 2.45) is 0 Å². The van der Waals surface area contributed by atoms with Gasteiger partial charge in [0.1, 0.15) is 5.82 Å². The quantitative estimate of drug-likeness (QED) is 0.819. The van der Waals surface area contributed by atoms with Crippen LogP contribution in [-0.2, 0) is 0 Å². The van der Waals surface area contributed by atoms with E-state index in [0.29, 0.717) is 6.04 Å². The Balaban J connectivity index is 1.99. The zero-order valence-electron chi connectivity index (χ0n) is 9.80. The molecule has 0 aliphatic heterocycles. The molecule has 0 atom stereocenters. The smallest absolute Gasteiger partial charge is 0.126 e. The van der Waals surface area contributed by atoms with Crippen molar-refractivity contribution >= 4 is 21.7 Å². The molecule has 2 nitrogen and oxygen atoms in total. The van der Waals surface area contributed by atoms with E-state index in [2.05, 4.69) is 39.2 Å². The molecule has 1 fully saturated rings. The molecule has 0 aromatic carbocycles. The van der Waals surface area contributed by atoms with E-state index in [1.54, 1.807) is 0 Å². The number of nitrogens with one attached hydrogen (secondary N) is 1. The van der Waals surface area contributed by atoms with Crippen molar-refractivity contribution in [3.05, 3.63) is 22.3 Å². The topological polar surface area (TPSA) is 24.9 Å². The van der Waals surface area contributed by atoms with Crippen LogP contribution in [0.25, 0.3) is 0 Å². The van der Waals surface area contributed by atoms with Crippen molar-refractivity contribution in [1.29, 1.82) is 0 Å². The zero-order chi connectivity index (χ0) is 11.4. The Hall–Kier alpha value is -0.570. The van der Waals surface area contributed by atoms with Crippen molar-refractivity contribution in [1.82, 2.24) is 4.98 Å². The second kappa shape index (κ2) is 5.67. The van der Waals surface area contributed by atoms with Crippen LogP contribution in [0.3, 0.4) is 0 Å². The molecule has 0 unspecified atom stereocenters. The molecule has 1 aromatic heterocycles. The highest BCUT2D eigenvalue weighted by Gasteiger charge is 2.12. The molecule has 1 N–H and O–H groups in total. The molecule has 0 amide bonds. The maximum atomic E-state index is 4.41. The van der Waals surface area contributed by atoms with Gasteiger partial charge in [-0.15, -0.1) is 0 Å². The van der Waals surface area contributed by atoms with Crippen LogP contribution >= 0.6 is 15.9 Å². The molecule has 0 bridgehead atoms. The van der Waals surface area contributed by atoms with Gasteiger partial charge in [0.25, 0.3) is 0 Å². The van der Waals surface area contributed by atoms with E-state index in [1.165, 1.54) is 44.1 Å². The number of aromatic nitrogens is 1. The van der Waals surface area contributed by atoms with Gasteiger partial charge in [-0.2, -0.15) is 0 Å². The summed E-state index contributed by atoms with van der Waals surface area (Å²) in [6.07, 6.45) is 9.96. The van der Waals surface area contributed by atoms with Gasteiger partial charge in [0, 0.05) is 16.7 Å². The lowest BCUT2D eigenvalue weighted by atomic mass is 10.1. The van der Waals surface area contributed by atoms with Crippen LogP contribution in [0.5, 0.6) is 0 Å². The van der Waals surface area contributed by atoms with Crippen molar-refractivity contribution in [2.45, 2.75) is 51.5 Å². The Morgan fingerprint density at radius 1 is 1.25 bits per heavy atom. The molecule has 1 aromatic rings. The largest absolute Gasteiger partial charge is 0.367 e. The molecular formula is C13H19BrN2. The number of halogens is 1. The first-order valence-electron chi connectivity index (χ1n) is 6.14. The van der Waals surface area contributed by atoms with Crippen LogP contribution in [0.15, 0.2) is 16.7 Å². The number of nitrogens with zero attached hydrogens (tertiary/aromatic N) is 1. The SMILES string of the molecule is Cc1cc(NC2CCCCCC2)ncc1Br. The minimum Gasteiger partial charge on any atom is -0.367 e. The van der Waals surface area contributed by atoms with E-state index < -0.39 is 0 Å². The van der Waals surface area contributed by atoms with Gasteiger partial charge in [-0.25, -0.2) is 4.98 Å². The van der Waals surface area contributed by atoms with Gasteiger partial charge in [-0.05, 0) is 47.3 Å². The number of hydrogen-bond donors (Lipinski definition) is 1. The number of anilines is 1. The van der Waals surface area contributed by atoms with Crippen molar-refractivity contribution in [2.75, 3.05) is 5.32 Å². The van der Waals surface area contributed by atoms with Crippen molar-refractivity contribution in [3.63, 3.8) is 0 Å². The predicted molar refractivity (Wildman–Crippen MR) is 71.8 cm³/mol. The summed E-state index contributed by atoms with van der Waals surface area (Å²) in [5.74, 6) is 1.02. The Labute approximate surface area is 106 Å². The molecular weight excluding hydrogens is 264 g/mol. The van der Waals surface area contributed by atoms with Crippen LogP contribution in [0, 0.1) is 6.92 Å². The Kier molecular flexibility index (Phi) is 4.22. The number of aryl methyl sites for hydroxylation is 1. The van der Waals surface area contributed by atoms with Gasteiger partial charge >= 0.3 is 0 Å². The van der Waals surface area contributed by atoms with Gasteiger partial charge in [0.2, 0.25) is 0 Å². The predicted octanol–water partition coefficient (Wildman–Crippen LogP) is 4.29. The molecule has 3 heteroatoms. The van der Waals surface area contributed by atoms with Crippen molar-refractivity contribution in [3.8, 4) is 0 Å². The number of rotatable bonds is 2. The summed E-state index contributed by atoms with van der Waals surface area (Å²) in [6, 6.07) is 2.74. The molecule has 0 radical (unpaired) electrons. The van der Waals surface area contributed by atoms with Gasteiger partial charge in [0.15, 0.2) is 0 Å². The first-order chi connectivity index (χ1) is 7.75. The lowest BCUT2D eigenvalue weighted by Gasteiger charge is -2.17. The summed E-state index contributed by atoms with van der Waals surface area (Å²) in [7, 11) is 0. The first-order valence-corrected chi connectivity index (χ1v) is 6.93. The highest BCUT2D eigenvalue weighted by atomic mass is 79.9. The molecule has 16 heavy (non-hydrogen) atoms. The van der Waals surface area contributed by atoms with Crippen LogP contribution in [0.2, 0.25) is 0 Å². The normalized spacial score (nSPS) is 18.1. The Morgan fingerprint density at radius 2 is 1.94 bits per heavy atom. The maximum absolute atomic E-state index is 4.41. The number of hydrogen-bond acceptors (Lipinski definition) is 2. The summed E-state index contributed by atoms with van der Waals surface area (Å²) in [4.78, 5) is 4.41. The highest BCUT2D eigenvalue weighted by Crippen LogP contribution is 2.22. The molecule has 2 rings (SSSR count). The molecule has 0 spiro atoms. The monoisotopic (exact) mass is 282 g/mol. The molecule has 0 saturated heterocycles. The van der Waals surface area contributed by atoms with E-state index in [4.69, 9.17) is 0 Å². The van der Waals surface area contributed by atoms with Gasteiger partial charge in [-0.1, -0.05) is 25.7 Å². The van der Waals surface area contributed by atoms with E-state index in [9.17, 15) is 0 Å². The van der Waals surface area contributed by atoms with E-state index in [1.807, 2.05) is 6.20 Å². The fourth-order valence-corrected chi connectivity index (χ4v) is 2.47. The minimum atomic E-state index is 0.621. The Bertz CT molecular complexity index is 344. The molecule has 88 valence electrons. The second-order valence-corrected chi connectivity index (χ2v) is 5.51. The number of pyridine rings is 1. The van der Waals surface area contributed by atoms with Crippen LogP contribution in [0.1, 0.15) is 44.1 Å². The third-order valence-corrected chi connectivity index (χ3v) is 4.08. The van der Waals surface area contributed by atoms with Crippen molar-refractivity contribution < 1.29 is 0 Å². The fourth-order valence-electron chi connectivity index (χ4n) is 2.25. The third-order valence-electron chi connectivity index (χ3n) is 3.25. The Morgan fingerprint density at radius 3 is 2.56 bits per heavy atom. The maximum Gasteiger partial charge on any atom is 0.126 e. The first kappa shape index (κ1) is 11.9. The van der Waals surface area contributed by atoms with Crippen LogP contribution in [-0.4, -0.2) is 11.0 Å². The standard InChI is InChI=1S/C13H19BrN2/c1-10-8-13(15-9-12(10)14)16-11-6-4-2-3-5-7-11/h8-9,11H,2-7H2,1H3,(H,15,16). The lowest BCUT2D eigenvalue weighted by molar-refractivity contribution is 0.617. The summed E-state index contributed by atoms with van der Waals surface area (Å²) >= 11 is 3.48. The van der Waals surface area contributed by atoms with Gasteiger partial charge < -0.3 is 5.32 Å². The summed E-state index contributed by atoms with van der Waals surface area (Å²) in [6.45, 7) is 2.10. The van der Waals surface area contributed by atoms with Crippen LogP contribution < -0.4 is 5.32 Å². The molecule has 1 heterocycles. The second-order valence-electron chi connectivity index (χ2n) is 4.65. The lowest BCUT2D eigenvalue weighted by Crippen LogP contribution is -2.19. The van der Waals surface area contributed by atoms with Crippen LogP contribution in [0.4, 0.5) is 5.82 Å². The fraction of sp³-hybridized carbons (Fsp3) is 0.615. The molecule has 1 saturated carbocycles. The van der Waals surface area contributed by atoms with E-state index >= 15 is 0 Å². The van der Waals surface area contributed by atoms with Gasteiger partial charge in [-0.3, -0.25) is 0 Å². The van der Waals surface area contributed by atoms with E-state index in [-0.39, 0.29) is 0 Å². The van der Waals surface area contributed by atoms with E-state index in [0.717, 1.165) is 10.3 Å². The molecule has 1 aliphatic carbocycles. The average Bonchev–Trinajstić information content (AvgIpc) is 2.52. The third kappa shape index (κ3) is 3.21. The average molecular weight is 283 g/mol. The van der Waals surface area contributed by atoms with Gasteiger partial charge in [0.05, 0.1) is 0 Å². The summed E-state index contributed by atoms with van der Waals surface area (Å²) in [5.41, 5.74) is 1.24. The highest BCUT2D eigenvalue weighted by molar-refractivity contribution is 9.10. The molecule has 1 aliphatic rings.